The van der Waals surface area contributed by atoms with Crippen molar-refractivity contribution in [3.63, 3.8) is 0 Å². The molecule has 0 saturated carbocycles. The van der Waals surface area contributed by atoms with Crippen LogP contribution in [0.15, 0.2) is 28.8 Å². The first kappa shape index (κ1) is 20.1. The van der Waals surface area contributed by atoms with E-state index >= 15 is 0 Å². The van der Waals surface area contributed by atoms with Gasteiger partial charge < -0.3 is 15.2 Å². The third-order valence-corrected chi connectivity index (χ3v) is 3.19. The number of hydrogen-bond acceptors (Lipinski definition) is 5. The lowest BCUT2D eigenvalue weighted by Crippen LogP contribution is -2.30. The molecule has 0 radical (unpaired) electrons. The average molecular weight is 353 g/mol. The van der Waals surface area contributed by atoms with Gasteiger partial charge in [0, 0.05) is 30.6 Å². The molecular weight excluding hydrogens is 328 g/mol. The predicted molar refractivity (Wildman–Crippen MR) is 96.4 cm³/mol. The lowest BCUT2D eigenvalue weighted by atomic mass is 9.92. The van der Waals surface area contributed by atoms with Crippen LogP contribution < -0.4 is 10.6 Å². The molecule has 0 unspecified atom stereocenters. The fourth-order valence-electron chi connectivity index (χ4n) is 2.10. The summed E-state index contributed by atoms with van der Waals surface area (Å²) in [6.07, 6.45) is 0.712. The normalized spacial score (nSPS) is 11.0. The van der Waals surface area contributed by atoms with Crippen LogP contribution in [-0.4, -0.2) is 36.2 Å². The first-order valence-electron chi connectivity index (χ1n) is 7.75. The molecule has 24 heavy (non-hydrogen) atoms. The summed E-state index contributed by atoms with van der Waals surface area (Å²) in [6.45, 7) is 7.66. The fourth-order valence-corrected chi connectivity index (χ4v) is 2.10. The molecule has 1 heterocycles. The van der Waals surface area contributed by atoms with Gasteiger partial charge >= 0.3 is 0 Å². The second-order valence-electron chi connectivity index (χ2n) is 6.69. The smallest absolute Gasteiger partial charge is 0.251 e. The number of amides is 1. The first-order chi connectivity index (χ1) is 10.9. The molecule has 132 valence electrons. The van der Waals surface area contributed by atoms with Gasteiger partial charge in [0.15, 0.2) is 0 Å². The first-order valence-corrected chi connectivity index (χ1v) is 7.75. The Hall–Kier alpha value is -1.92. The van der Waals surface area contributed by atoms with E-state index in [1.54, 1.807) is 12.1 Å². The van der Waals surface area contributed by atoms with Gasteiger partial charge in [0.05, 0.1) is 0 Å². The molecule has 0 bridgehead atoms. The van der Waals surface area contributed by atoms with Crippen molar-refractivity contribution >= 4 is 18.3 Å². The Labute approximate surface area is 148 Å². The van der Waals surface area contributed by atoms with Crippen LogP contribution in [-0.2, 0) is 6.42 Å². The van der Waals surface area contributed by atoms with E-state index in [0.717, 1.165) is 12.1 Å². The molecule has 7 heteroatoms. The summed E-state index contributed by atoms with van der Waals surface area (Å²) < 4.78 is 5.30. The Morgan fingerprint density at radius 3 is 2.67 bits per heavy atom. The molecule has 0 aliphatic heterocycles. The lowest BCUT2D eigenvalue weighted by Gasteiger charge is -2.13. The van der Waals surface area contributed by atoms with Gasteiger partial charge in [-0.15, -0.1) is 12.4 Å². The highest BCUT2D eigenvalue weighted by atomic mass is 35.5. The highest BCUT2D eigenvalue weighted by Crippen LogP contribution is 2.22. The number of rotatable bonds is 6. The van der Waals surface area contributed by atoms with E-state index in [0.29, 0.717) is 30.2 Å². The zero-order valence-electron chi connectivity index (χ0n) is 14.5. The lowest BCUT2D eigenvalue weighted by molar-refractivity contribution is 0.0954. The van der Waals surface area contributed by atoms with Crippen LogP contribution >= 0.6 is 12.4 Å². The quantitative estimate of drug-likeness (QED) is 0.781. The Bertz CT molecular complexity index is 665. The Kier molecular flexibility index (Phi) is 7.38. The van der Waals surface area contributed by atoms with Crippen LogP contribution in [0.1, 0.15) is 37.0 Å². The van der Waals surface area contributed by atoms with Crippen molar-refractivity contribution in [1.82, 2.24) is 20.8 Å². The molecule has 0 fully saturated rings. The molecule has 2 rings (SSSR count). The minimum Gasteiger partial charge on any atom is -0.351 e. The third-order valence-electron chi connectivity index (χ3n) is 3.19. The van der Waals surface area contributed by atoms with Gasteiger partial charge in [0.1, 0.15) is 0 Å². The number of hydrogen-bond donors (Lipinski definition) is 2. The van der Waals surface area contributed by atoms with Gasteiger partial charge in [0.25, 0.3) is 5.91 Å². The molecule has 1 aromatic carbocycles. The molecule has 1 aromatic heterocycles. The second-order valence-corrected chi connectivity index (χ2v) is 6.69. The SMILES string of the molecule is CNCCNC(=O)c1cccc(-c2noc(CC(C)(C)C)n2)c1.Cl. The summed E-state index contributed by atoms with van der Waals surface area (Å²) in [5.41, 5.74) is 1.44. The minimum absolute atomic E-state index is 0. The molecular formula is C17H25ClN4O2. The van der Waals surface area contributed by atoms with Crippen molar-refractivity contribution in [2.75, 3.05) is 20.1 Å². The van der Waals surface area contributed by atoms with E-state index in [9.17, 15) is 4.79 Å². The van der Waals surface area contributed by atoms with Crippen LogP contribution in [0.4, 0.5) is 0 Å². The van der Waals surface area contributed by atoms with E-state index in [1.807, 2.05) is 19.2 Å². The van der Waals surface area contributed by atoms with Gasteiger partial charge in [-0.25, -0.2) is 0 Å². The molecule has 0 spiro atoms. The highest BCUT2D eigenvalue weighted by molar-refractivity contribution is 5.95. The van der Waals surface area contributed by atoms with Gasteiger partial charge in [-0.2, -0.15) is 4.98 Å². The van der Waals surface area contributed by atoms with Crippen molar-refractivity contribution in [3.8, 4) is 11.4 Å². The van der Waals surface area contributed by atoms with E-state index < -0.39 is 0 Å². The molecule has 0 aliphatic carbocycles. The summed E-state index contributed by atoms with van der Waals surface area (Å²) in [5, 5.41) is 9.85. The molecule has 1 amide bonds. The topological polar surface area (TPSA) is 80.0 Å². The molecule has 0 saturated heterocycles. The summed E-state index contributed by atoms with van der Waals surface area (Å²) in [5.74, 6) is 1.01. The van der Waals surface area contributed by atoms with Crippen LogP contribution in [0.2, 0.25) is 0 Å². The zero-order chi connectivity index (χ0) is 16.9. The summed E-state index contributed by atoms with van der Waals surface area (Å²) in [4.78, 5) is 16.5. The predicted octanol–water partition coefficient (Wildman–Crippen LogP) is 2.70. The summed E-state index contributed by atoms with van der Waals surface area (Å²) in [7, 11) is 1.85. The van der Waals surface area contributed by atoms with Crippen molar-refractivity contribution in [1.29, 1.82) is 0 Å². The maximum Gasteiger partial charge on any atom is 0.251 e. The number of aromatic nitrogens is 2. The molecule has 0 aliphatic rings. The van der Waals surface area contributed by atoms with Crippen LogP contribution in [0, 0.1) is 5.41 Å². The Balaban J connectivity index is 0.00000288. The number of benzene rings is 1. The summed E-state index contributed by atoms with van der Waals surface area (Å²) >= 11 is 0. The number of nitrogens with one attached hydrogen (secondary N) is 2. The van der Waals surface area contributed by atoms with Gasteiger partial charge in [-0.3, -0.25) is 4.79 Å². The maximum atomic E-state index is 12.1. The number of likely N-dealkylation sites (N-methyl/N-ethyl adjacent to an activating group) is 1. The molecule has 2 N–H and O–H groups in total. The standard InChI is InChI=1S/C17H24N4O2.ClH/c1-17(2,3)11-14-20-15(21-23-14)12-6-5-7-13(10-12)16(22)19-9-8-18-4;/h5-7,10,18H,8-9,11H2,1-4H3,(H,19,22);1H. The number of nitrogens with zero attached hydrogens (tertiary/aromatic N) is 2. The average Bonchev–Trinajstić information content (AvgIpc) is 2.94. The van der Waals surface area contributed by atoms with Gasteiger partial charge in [0.2, 0.25) is 11.7 Å². The number of carbonyl (C=O) groups is 1. The molecule has 2 aromatic rings. The van der Waals surface area contributed by atoms with E-state index in [-0.39, 0.29) is 23.7 Å². The van der Waals surface area contributed by atoms with E-state index in [4.69, 9.17) is 4.52 Å². The molecule has 0 atom stereocenters. The second kappa shape index (κ2) is 8.80. The zero-order valence-corrected chi connectivity index (χ0v) is 15.4. The number of halogens is 1. The van der Waals surface area contributed by atoms with E-state index in [2.05, 4.69) is 41.5 Å². The van der Waals surface area contributed by atoms with Crippen LogP contribution in [0.3, 0.4) is 0 Å². The van der Waals surface area contributed by atoms with E-state index in [1.165, 1.54) is 0 Å². The largest absolute Gasteiger partial charge is 0.351 e. The summed E-state index contributed by atoms with van der Waals surface area (Å²) in [6, 6.07) is 7.24. The van der Waals surface area contributed by atoms with Gasteiger partial charge in [-0.05, 0) is 24.6 Å². The Morgan fingerprint density at radius 2 is 2.00 bits per heavy atom. The number of carbonyl (C=O) groups excluding carboxylic acids is 1. The van der Waals surface area contributed by atoms with Crippen LogP contribution in [0.5, 0.6) is 0 Å². The van der Waals surface area contributed by atoms with Gasteiger partial charge in [-0.1, -0.05) is 38.1 Å². The molecule has 6 nitrogen and oxygen atoms in total. The minimum atomic E-state index is -0.111. The Morgan fingerprint density at radius 1 is 1.25 bits per heavy atom. The fraction of sp³-hybridized carbons (Fsp3) is 0.471. The van der Waals surface area contributed by atoms with Crippen molar-refractivity contribution in [2.24, 2.45) is 5.41 Å². The van der Waals surface area contributed by atoms with Crippen molar-refractivity contribution in [3.05, 3.63) is 35.7 Å². The van der Waals surface area contributed by atoms with Crippen molar-refractivity contribution < 1.29 is 9.32 Å². The third kappa shape index (κ3) is 5.94. The highest BCUT2D eigenvalue weighted by Gasteiger charge is 2.17. The van der Waals surface area contributed by atoms with Crippen LogP contribution in [0.25, 0.3) is 11.4 Å². The van der Waals surface area contributed by atoms with Crippen molar-refractivity contribution in [2.45, 2.75) is 27.2 Å². The maximum absolute atomic E-state index is 12.1. The monoisotopic (exact) mass is 352 g/mol.